The number of ether oxygens (including phenoxy) is 1. The van der Waals surface area contributed by atoms with Crippen molar-refractivity contribution in [3.8, 4) is 5.75 Å². The molecule has 1 amide bonds. The lowest BCUT2D eigenvalue weighted by atomic mass is 9.76. The molecule has 0 radical (unpaired) electrons. The minimum absolute atomic E-state index is 0.0275. The fraction of sp³-hybridized carbons (Fsp3) is 0.318. The molecule has 27 heavy (non-hydrogen) atoms. The van der Waals surface area contributed by atoms with Crippen LogP contribution in [0.25, 0.3) is 6.08 Å². The Morgan fingerprint density at radius 1 is 1.15 bits per heavy atom. The molecule has 1 aliphatic heterocycles. The second-order valence-electron chi connectivity index (χ2n) is 7.17. The summed E-state index contributed by atoms with van der Waals surface area (Å²) in [6.07, 6.45) is 5.19. The highest BCUT2D eigenvalue weighted by Crippen LogP contribution is 2.48. The molecule has 5 nitrogen and oxygen atoms in total. The summed E-state index contributed by atoms with van der Waals surface area (Å²) < 4.78 is 5.37. The Hall–Kier alpha value is -2.63. The van der Waals surface area contributed by atoms with Gasteiger partial charge in [0.1, 0.15) is 5.75 Å². The van der Waals surface area contributed by atoms with Crippen molar-refractivity contribution in [2.75, 3.05) is 12.4 Å². The highest BCUT2D eigenvalue weighted by molar-refractivity contribution is 6.00. The second-order valence-corrected chi connectivity index (χ2v) is 7.17. The fourth-order valence-electron chi connectivity index (χ4n) is 4.19. The van der Waals surface area contributed by atoms with Crippen LogP contribution in [0, 0.1) is 0 Å². The Labute approximate surface area is 158 Å². The Morgan fingerprint density at radius 3 is 2.52 bits per heavy atom. The van der Waals surface area contributed by atoms with E-state index >= 15 is 0 Å². The molecular weight excluding hydrogens is 342 g/mol. The van der Waals surface area contributed by atoms with Gasteiger partial charge in [-0.2, -0.15) is 0 Å². The first-order chi connectivity index (χ1) is 13.1. The van der Waals surface area contributed by atoms with Crippen molar-refractivity contribution in [1.29, 1.82) is 0 Å². The van der Waals surface area contributed by atoms with E-state index in [1.807, 2.05) is 12.1 Å². The average Bonchev–Trinajstić information content (AvgIpc) is 3.18. The number of carbonyl (C=O) groups excluding carboxylic acids is 1. The Bertz CT molecular complexity index is 898. The lowest BCUT2D eigenvalue weighted by Gasteiger charge is -2.40. The zero-order chi connectivity index (χ0) is 19.0. The van der Waals surface area contributed by atoms with Gasteiger partial charge in [0.15, 0.2) is 11.7 Å². The second kappa shape index (κ2) is 6.83. The van der Waals surface area contributed by atoms with Crippen LogP contribution in [0.5, 0.6) is 5.75 Å². The van der Waals surface area contributed by atoms with Gasteiger partial charge in [-0.15, -0.1) is 0 Å². The maximum Gasteiger partial charge on any atom is 0.257 e. The zero-order valence-electron chi connectivity index (χ0n) is 15.2. The quantitative estimate of drug-likeness (QED) is 0.777. The number of methoxy groups -OCH3 is 1. The number of fused-ring (bicyclic) bond motifs is 1. The first-order valence-corrected chi connectivity index (χ1v) is 9.23. The first kappa shape index (κ1) is 17.8. The molecule has 2 aromatic carbocycles. The molecule has 1 aliphatic carbocycles. The van der Waals surface area contributed by atoms with Crippen molar-refractivity contribution in [2.45, 2.75) is 37.4 Å². The van der Waals surface area contributed by atoms with Crippen molar-refractivity contribution in [1.82, 2.24) is 0 Å². The minimum Gasteiger partial charge on any atom is -0.507 e. The number of hydrogen-bond acceptors (Lipinski definition) is 4. The smallest absolute Gasteiger partial charge is 0.257 e. The summed E-state index contributed by atoms with van der Waals surface area (Å²) >= 11 is 0. The van der Waals surface area contributed by atoms with Crippen LogP contribution in [0.4, 0.5) is 5.69 Å². The van der Waals surface area contributed by atoms with Gasteiger partial charge < -0.3 is 20.3 Å². The normalized spacial score (nSPS) is 24.4. The van der Waals surface area contributed by atoms with Crippen LogP contribution < -0.4 is 5.32 Å². The molecule has 1 heterocycles. The maximum atomic E-state index is 12.6. The molecule has 1 saturated carbocycles. The van der Waals surface area contributed by atoms with E-state index in [0.29, 0.717) is 16.8 Å². The number of phenolic OH excluding ortho intramolecular Hbond substituents is 1. The predicted octanol–water partition coefficient (Wildman–Crippen LogP) is 3.55. The highest BCUT2D eigenvalue weighted by Gasteiger charge is 2.51. The summed E-state index contributed by atoms with van der Waals surface area (Å²) in [5.41, 5.74) is 1.30. The van der Waals surface area contributed by atoms with Crippen molar-refractivity contribution in [2.24, 2.45) is 0 Å². The van der Waals surface area contributed by atoms with Gasteiger partial charge in [0.2, 0.25) is 0 Å². The third-order valence-corrected chi connectivity index (χ3v) is 5.52. The molecule has 2 aliphatic rings. The molecule has 0 bridgehead atoms. The molecular formula is C22H23NO4. The standard InChI is InChI=1S/C22H23NO4/c1-27-20-21(25)23-17-12-11-15(13-14-7-5-6-8-14)19(24)18(17)22(20,26)16-9-3-2-4-10-16/h2-4,9-13,20,24,26H,5-8H2,1H3,(H,23,25). The van der Waals surface area contributed by atoms with Gasteiger partial charge in [0.05, 0.1) is 11.3 Å². The first-order valence-electron chi connectivity index (χ1n) is 9.23. The van der Waals surface area contributed by atoms with Crippen LogP contribution in [-0.4, -0.2) is 29.3 Å². The van der Waals surface area contributed by atoms with Crippen LogP contribution in [0.15, 0.2) is 48.0 Å². The highest BCUT2D eigenvalue weighted by atomic mass is 16.5. The third kappa shape index (κ3) is 2.83. The van der Waals surface area contributed by atoms with Gasteiger partial charge in [0.25, 0.3) is 5.91 Å². The number of nitrogens with one attached hydrogen (secondary N) is 1. The van der Waals surface area contributed by atoms with E-state index in [2.05, 4.69) is 5.32 Å². The van der Waals surface area contributed by atoms with Crippen molar-refractivity contribution < 1.29 is 19.7 Å². The topological polar surface area (TPSA) is 78.8 Å². The summed E-state index contributed by atoms with van der Waals surface area (Å²) in [6, 6.07) is 12.4. The van der Waals surface area contributed by atoms with Gasteiger partial charge in [-0.05, 0) is 43.4 Å². The van der Waals surface area contributed by atoms with Crippen LogP contribution in [-0.2, 0) is 15.1 Å². The van der Waals surface area contributed by atoms with Crippen LogP contribution in [0.2, 0.25) is 0 Å². The summed E-state index contributed by atoms with van der Waals surface area (Å²) in [5, 5.41) is 25.5. The number of carbonyl (C=O) groups is 1. The zero-order valence-corrected chi connectivity index (χ0v) is 15.2. The lowest BCUT2D eigenvalue weighted by Crippen LogP contribution is -2.52. The molecule has 4 rings (SSSR count). The van der Waals surface area contributed by atoms with Crippen molar-refractivity contribution >= 4 is 17.7 Å². The molecule has 2 aromatic rings. The monoisotopic (exact) mass is 365 g/mol. The lowest BCUT2D eigenvalue weighted by molar-refractivity contribution is -0.142. The Morgan fingerprint density at radius 2 is 1.85 bits per heavy atom. The molecule has 0 saturated heterocycles. The molecule has 0 spiro atoms. The van der Waals surface area contributed by atoms with Gasteiger partial charge in [-0.3, -0.25) is 4.79 Å². The Kier molecular flexibility index (Phi) is 4.50. The molecule has 2 atom stereocenters. The van der Waals surface area contributed by atoms with E-state index in [4.69, 9.17) is 4.74 Å². The Balaban J connectivity index is 1.94. The van der Waals surface area contributed by atoms with E-state index in [1.165, 1.54) is 12.7 Å². The van der Waals surface area contributed by atoms with Crippen molar-refractivity contribution in [3.63, 3.8) is 0 Å². The summed E-state index contributed by atoms with van der Waals surface area (Å²) in [7, 11) is 1.38. The minimum atomic E-state index is -1.79. The third-order valence-electron chi connectivity index (χ3n) is 5.52. The summed E-state index contributed by atoms with van der Waals surface area (Å²) in [5.74, 6) is -0.474. The fourth-order valence-corrected chi connectivity index (χ4v) is 4.19. The van der Waals surface area contributed by atoms with Crippen LogP contribution in [0.3, 0.4) is 0 Å². The van der Waals surface area contributed by atoms with E-state index in [9.17, 15) is 15.0 Å². The summed E-state index contributed by atoms with van der Waals surface area (Å²) in [6.45, 7) is 0. The maximum absolute atomic E-state index is 12.6. The molecule has 5 heteroatoms. The van der Waals surface area contributed by atoms with Gasteiger partial charge >= 0.3 is 0 Å². The molecule has 1 fully saturated rings. The number of aromatic hydroxyl groups is 1. The number of allylic oxidation sites excluding steroid dienone is 1. The van der Waals surface area contributed by atoms with Gasteiger partial charge in [0, 0.05) is 12.7 Å². The van der Waals surface area contributed by atoms with Crippen molar-refractivity contribution in [3.05, 3.63) is 64.7 Å². The van der Waals surface area contributed by atoms with Gasteiger partial charge in [-0.1, -0.05) is 42.0 Å². The number of rotatable bonds is 3. The molecule has 3 N–H and O–H groups in total. The van der Waals surface area contributed by atoms with Crippen LogP contribution in [0.1, 0.15) is 42.4 Å². The van der Waals surface area contributed by atoms with Crippen LogP contribution >= 0.6 is 0 Å². The average molecular weight is 365 g/mol. The summed E-state index contributed by atoms with van der Waals surface area (Å²) in [4.78, 5) is 12.6. The van der Waals surface area contributed by atoms with E-state index < -0.39 is 17.6 Å². The largest absolute Gasteiger partial charge is 0.507 e. The van der Waals surface area contributed by atoms with Gasteiger partial charge in [-0.25, -0.2) is 0 Å². The number of anilines is 1. The number of hydrogen-bond donors (Lipinski definition) is 3. The molecule has 140 valence electrons. The van der Waals surface area contributed by atoms with E-state index in [1.54, 1.807) is 36.4 Å². The SMILES string of the molecule is COC1C(=O)Nc2ccc(C=C3CCCC3)c(O)c2C1(O)c1ccccc1. The predicted molar refractivity (Wildman–Crippen MR) is 103 cm³/mol. The molecule has 0 aromatic heterocycles. The molecule has 2 unspecified atom stereocenters. The number of aliphatic hydroxyl groups is 1. The number of amides is 1. The number of phenols is 1. The number of benzene rings is 2. The van der Waals surface area contributed by atoms with E-state index in [-0.39, 0.29) is 11.3 Å². The van der Waals surface area contributed by atoms with E-state index in [0.717, 1.165) is 25.7 Å².